The first-order valence-electron chi connectivity index (χ1n) is 5.05. The van der Waals surface area contributed by atoms with E-state index in [1.54, 1.807) is 0 Å². The van der Waals surface area contributed by atoms with E-state index in [9.17, 15) is 13.2 Å². The molecule has 0 N–H and O–H groups in total. The average molecular weight is 435 g/mol. The van der Waals surface area contributed by atoms with E-state index < -0.39 is 17.1 Å². The van der Waals surface area contributed by atoms with Crippen molar-refractivity contribution < 1.29 is 13.2 Å². The van der Waals surface area contributed by atoms with E-state index in [-0.39, 0.29) is 0 Å². The molecule has 0 amide bonds. The molecule has 1 unspecified atom stereocenters. The van der Waals surface area contributed by atoms with Gasteiger partial charge in [0.1, 0.15) is 0 Å². The Morgan fingerprint density at radius 2 is 1.68 bits per heavy atom. The van der Waals surface area contributed by atoms with E-state index in [2.05, 4.69) is 31.9 Å². The Labute approximate surface area is 133 Å². The molecule has 0 nitrogen and oxygen atoms in total. The molecule has 0 saturated heterocycles. The summed E-state index contributed by atoms with van der Waals surface area (Å²) in [5.74, 6) is 0. The Bertz CT molecular complexity index is 558. The van der Waals surface area contributed by atoms with Gasteiger partial charge in [0.15, 0.2) is 0 Å². The van der Waals surface area contributed by atoms with Gasteiger partial charge in [0, 0.05) is 9.35 Å². The van der Waals surface area contributed by atoms with E-state index in [0.717, 1.165) is 25.3 Å². The average Bonchev–Trinajstić information content (AvgIpc) is 2.68. The molecule has 0 aliphatic carbocycles. The van der Waals surface area contributed by atoms with Gasteiger partial charge in [-0.15, -0.1) is 22.9 Å². The summed E-state index contributed by atoms with van der Waals surface area (Å²) < 4.78 is 39.2. The molecule has 0 fully saturated rings. The molecule has 1 atom stereocenters. The Kier molecular flexibility index (Phi) is 4.65. The van der Waals surface area contributed by atoms with Gasteiger partial charge >= 0.3 is 6.18 Å². The van der Waals surface area contributed by atoms with Crippen molar-refractivity contribution in [3.8, 4) is 0 Å². The molecule has 0 spiro atoms. The van der Waals surface area contributed by atoms with Crippen molar-refractivity contribution in [3.63, 3.8) is 0 Å². The van der Waals surface area contributed by atoms with E-state index in [4.69, 9.17) is 11.6 Å². The zero-order valence-corrected chi connectivity index (χ0v) is 13.9. The third-order valence-corrected chi connectivity index (χ3v) is 6.38. The van der Waals surface area contributed by atoms with Gasteiger partial charge in [-0.1, -0.05) is 12.1 Å². The van der Waals surface area contributed by atoms with Crippen LogP contribution in [0.1, 0.15) is 21.4 Å². The van der Waals surface area contributed by atoms with Crippen LogP contribution in [0.3, 0.4) is 0 Å². The molecule has 7 heteroatoms. The van der Waals surface area contributed by atoms with Crippen LogP contribution in [0.25, 0.3) is 0 Å². The highest BCUT2D eigenvalue weighted by Crippen LogP contribution is 2.41. The quantitative estimate of drug-likeness (QED) is 0.466. The number of benzene rings is 1. The third-order valence-electron chi connectivity index (χ3n) is 2.44. The van der Waals surface area contributed by atoms with Gasteiger partial charge in [0.25, 0.3) is 0 Å². The molecule has 19 heavy (non-hydrogen) atoms. The molecular weight excluding hydrogens is 428 g/mol. The maximum Gasteiger partial charge on any atom is 0.416 e. The smallest absolute Gasteiger partial charge is 0.166 e. The monoisotopic (exact) mass is 432 g/mol. The predicted octanol–water partition coefficient (Wildman–Crippen LogP) is 6.62. The molecule has 0 saturated carbocycles. The minimum Gasteiger partial charge on any atom is -0.166 e. The third kappa shape index (κ3) is 3.54. The lowest BCUT2D eigenvalue weighted by molar-refractivity contribution is -0.137. The standard InChI is InChI=1S/C12H6Br2ClF3S/c13-8-5-9(19-11(8)14)10(15)6-1-3-7(4-2-6)12(16,17)18/h1-5,10H. The Morgan fingerprint density at radius 3 is 2.11 bits per heavy atom. The maximum absolute atomic E-state index is 12.5. The Balaban J connectivity index is 2.27. The molecule has 2 aromatic rings. The lowest BCUT2D eigenvalue weighted by Gasteiger charge is -2.10. The van der Waals surface area contributed by atoms with Gasteiger partial charge in [0.05, 0.1) is 14.7 Å². The van der Waals surface area contributed by atoms with Gasteiger partial charge in [-0.25, -0.2) is 0 Å². The van der Waals surface area contributed by atoms with Gasteiger partial charge < -0.3 is 0 Å². The van der Waals surface area contributed by atoms with Crippen LogP contribution in [0, 0.1) is 0 Å². The largest absolute Gasteiger partial charge is 0.416 e. The summed E-state index contributed by atoms with van der Waals surface area (Å²) in [6, 6.07) is 6.75. The molecule has 1 aromatic carbocycles. The fourth-order valence-electron chi connectivity index (χ4n) is 1.49. The first-order valence-corrected chi connectivity index (χ1v) is 7.89. The van der Waals surface area contributed by atoms with Crippen LogP contribution < -0.4 is 0 Å². The summed E-state index contributed by atoms with van der Waals surface area (Å²) >= 11 is 14.4. The van der Waals surface area contributed by atoms with E-state index in [0.29, 0.717) is 5.56 Å². The van der Waals surface area contributed by atoms with E-state index >= 15 is 0 Å². The molecule has 0 radical (unpaired) electrons. The molecule has 0 aliphatic heterocycles. The van der Waals surface area contributed by atoms with Crippen molar-refractivity contribution in [2.24, 2.45) is 0 Å². The van der Waals surface area contributed by atoms with Crippen LogP contribution >= 0.6 is 54.8 Å². The van der Waals surface area contributed by atoms with E-state index in [1.807, 2.05) is 6.07 Å². The van der Waals surface area contributed by atoms with Gasteiger partial charge in [-0.3, -0.25) is 0 Å². The van der Waals surface area contributed by atoms with Gasteiger partial charge in [-0.05, 0) is 55.6 Å². The predicted molar refractivity (Wildman–Crippen MR) is 78.9 cm³/mol. The number of alkyl halides is 4. The first kappa shape index (κ1) is 15.4. The fraction of sp³-hybridized carbons (Fsp3) is 0.167. The summed E-state index contributed by atoms with van der Waals surface area (Å²) in [6.07, 6.45) is -4.32. The van der Waals surface area contributed by atoms with Crippen LogP contribution in [0.15, 0.2) is 38.6 Å². The highest BCUT2D eigenvalue weighted by molar-refractivity contribution is 9.13. The van der Waals surface area contributed by atoms with Crippen molar-refractivity contribution >= 4 is 54.8 Å². The second-order valence-electron chi connectivity index (χ2n) is 3.75. The molecule has 1 aromatic heterocycles. The molecule has 0 bridgehead atoms. The molecule has 0 aliphatic rings. The van der Waals surface area contributed by atoms with Crippen molar-refractivity contribution in [1.29, 1.82) is 0 Å². The normalized spacial score (nSPS) is 13.6. The zero-order chi connectivity index (χ0) is 14.2. The van der Waals surface area contributed by atoms with E-state index in [1.165, 1.54) is 23.5 Å². The van der Waals surface area contributed by atoms with Crippen molar-refractivity contribution in [1.82, 2.24) is 0 Å². The van der Waals surface area contributed by atoms with Gasteiger partial charge in [-0.2, -0.15) is 13.2 Å². The SMILES string of the molecule is FC(F)(F)c1ccc(C(Cl)c2cc(Br)c(Br)s2)cc1. The summed E-state index contributed by atoms with van der Waals surface area (Å²) in [5.41, 5.74) is -0.0374. The highest BCUT2D eigenvalue weighted by atomic mass is 79.9. The van der Waals surface area contributed by atoms with Crippen LogP contribution in [0.2, 0.25) is 0 Å². The number of rotatable bonds is 2. The van der Waals surface area contributed by atoms with Crippen molar-refractivity contribution in [2.75, 3.05) is 0 Å². The molecule has 2 rings (SSSR count). The zero-order valence-electron chi connectivity index (χ0n) is 9.14. The topological polar surface area (TPSA) is 0 Å². The fourth-order valence-corrected chi connectivity index (χ4v) is 3.93. The maximum atomic E-state index is 12.5. The van der Waals surface area contributed by atoms with Crippen molar-refractivity contribution in [2.45, 2.75) is 11.6 Å². The molecular formula is C12H6Br2ClF3S. The minimum absolute atomic E-state index is 0.463. The number of hydrogen-bond donors (Lipinski definition) is 0. The first-order chi connectivity index (χ1) is 8.79. The second-order valence-corrected chi connectivity index (χ2v) is 7.45. The summed E-state index contributed by atoms with van der Waals surface area (Å²) in [7, 11) is 0. The Morgan fingerprint density at radius 1 is 1.11 bits per heavy atom. The van der Waals surface area contributed by atoms with Crippen molar-refractivity contribution in [3.05, 3.63) is 54.6 Å². The van der Waals surface area contributed by atoms with Crippen LogP contribution in [0.4, 0.5) is 13.2 Å². The number of halogens is 6. The highest BCUT2D eigenvalue weighted by Gasteiger charge is 2.30. The number of thiophene rings is 1. The van der Waals surface area contributed by atoms with Crippen LogP contribution in [-0.4, -0.2) is 0 Å². The lowest BCUT2D eigenvalue weighted by Crippen LogP contribution is -2.04. The lowest BCUT2D eigenvalue weighted by atomic mass is 10.1. The van der Waals surface area contributed by atoms with Gasteiger partial charge in [0.2, 0.25) is 0 Å². The van der Waals surface area contributed by atoms with Crippen LogP contribution in [0.5, 0.6) is 0 Å². The Hall–Kier alpha value is -0.0400. The molecule has 1 heterocycles. The summed E-state index contributed by atoms with van der Waals surface area (Å²) in [4.78, 5) is 0.861. The summed E-state index contributed by atoms with van der Waals surface area (Å²) in [5, 5.41) is -0.463. The second kappa shape index (κ2) is 5.76. The summed E-state index contributed by atoms with van der Waals surface area (Å²) in [6.45, 7) is 0. The molecule has 102 valence electrons. The minimum atomic E-state index is -4.32. The number of hydrogen-bond acceptors (Lipinski definition) is 1. The van der Waals surface area contributed by atoms with Crippen LogP contribution in [-0.2, 0) is 6.18 Å².